The Bertz CT molecular complexity index is 1820. The molecule has 2 aliphatic carbocycles. The summed E-state index contributed by atoms with van der Waals surface area (Å²) >= 11 is 0. The van der Waals surface area contributed by atoms with Crippen molar-refractivity contribution >= 4 is 45.4 Å². The van der Waals surface area contributed by atoms with Crippen molar-refractivity contribution in [3.63, 3.8) is 0 Å². The number of nitrogens with zero attached hydrogens (tertiary/aromatic N) is 3. The standard InChI is InChI=1S/C46H61N5O4/c1-5-32(3)26-41(49-54-45(52)47-30-34-16-10-7-11-17-34)36-22-24-43-39(28-36)40-29-37(23-25-44(40)51(43)38-20-14-9-15-21-38)42(27-33(4)6-2)50-55-46(53)48-31-35-18-12-8-13-19-35/h9,14-15,20-25,28-29,32-35H,5-8,10-13,16-19,26-27,30-31H2,1-4H3,(H,47,52)(H,48,53)/b49-41+,50-42+. The smallest absolute Gasteiger partial charge is 0.319 e. The van der Waals surface area contributed by atoms with Gasteiger partial charge in [0.1, 0.15) is 0 Å². The predicted molar refractivity (Wildman–Crippen MR) is 224 cm³/mol. The second-order valence-corrected chi connectivity index (χ2v) is 16.2. The minimum absolute atomic E-state index is 0.347. The summed E-state index contributed by atoms with van der Waals surface area (Å²) in [6, 6.07) is 23.2. The summed E-state index contributed by atoms with van der Waals surface area (Å²) in [5.74, 6) is 1.70. The van der Waals surface area contributed by atoms with E-state index in [1.54, 1.807) is 0 Å². The summed E-state index contributed by atoms with van der Waals surface area (Å²) in [5.41, 5.74) is 6.47. The molecule has 2 unspecified atom stereocenters. The highest BCUT2D eigenvalue weighted by atomic mass is 16.7. The molecule has 4 aromatic rings. The topological polar surface area (TPSA) is 106 Å². The van der Waals surface area contributed by atoms with Gasteiger partial charge in [0.25, 0.3) is 0 Å². The van der Waals surface area contributed by atoms with Crippen LogP contribution in [0.4, 0.5) is 9.59 Å². The molecule has 2 fully saturated rings. The van der Waals surface area contributed by atoms with Crippen LogP contribution in [0.5, 0.6) is 0 Å². The number of carbonyl (C=O) groups excluding carboxylic acids is 2. The monoisotopic (exact) mass is 747 g/mol. The normalized spacial score (nSPS) is 17.2. The number of para-hydroxylation sites is 1. The summed E-state index contributed by atoms with van der Waals surface area (Å²) < 4.78 is 2.28. The third-order valence-corrected chi connectivity index (χ3v) is 11.9. The van der Waals surface area contributed by atoms with Gasteiger partial charge >= 0.3 is 12.2 Å². The first kappa shape index (κ1) is 40.0. The molecule has 2 saturated carbocycles. The number of fused-ring (bicyclic) bond motifs is 3. The van der Waals surface area contributed by atoms with Crippen molar-refractivity contribution in [1.29, 1.82) is 0 Å². The van der Waals surface area contributed by atoms with E-state index < -0.39 is 12.2 Å². The first-order valence-corrected chi connectivity index (χ1v) is 21.0. The maximum atomic E-state index is 12.8. The second kappa shape index (κ2) is 19.8. The number of hydrogen-bond donors (Lipinski definition) is 2. The van der Waals surface area contributed by atoms with Crippen molar-refractivity contribution in [2.75, 3.05) is 13.1 Å². The maximum Gasteiger partial charge on any atom is 0.433 e. The Morgan fingerprint density at radius 3 is 1.51 bits per heavy atom. The van der Waals surface area contributed by atoms with E-state index in [9.17, 15) is 9.59 Å². The first-order chi connectivity index (χ1) is 26.8. The lowest BCUT2D eigenvalue weighted by atomic mass is 9.89. The van der Waals surface area contributed by atoms with Gasteiger partial charge in [-0.3, -0.25) is 9.68 Å². The van der Waals surface area contributed by atoms with Gasteiger partial charge in [-0.15, -0.1) is 0 Å². The number of nitrogens with one attached hydrogen (secondary N) is 2. The fourth-order valence-electron chi connectivity index (χ4n) is 8.10. The fourth-order valence-corrected chi connectivity index (χ4v) is 8.10. The number of amides is 2. The van der Waals surface area contributed by atoms with Gasteiger partial charge in [-0.25, -0.2) is 9.59 Å². The van der Waals surface area contributed by atoms with Crippen LogP contribution in [0, 0.1) is 23.7 Å². The predicted octanol–water partition coefficient (Wildman–Crippen LogP) is 11.7. The lowest BCUT2D eigenvalue weighted by Crippen LogP contribution is -2.30. The van der Waals surface area contributed by atoms with Crippen LogP contribution < -0.4 is 10.6 Å². The zero-order valence-corrected chi connectivity index (χ0v) is 33.4. The van der Waals surface area contributed by atoms with E-state index in [4.69, 9.17) is 9.68 Å². The van der Waals surface area contributed by atoms with E-state index in [1.807, 2.05) is 6.07 Å². The van der Waals surface area contributed by atoms with E-state index >= 15 is 0 Å². The minimum atomic E-state index is -0.503. The van der Waals surface area contributed by atoms with Gasteiger partial charge in [-0.1, -0.05) is 120 Å². The van der Waals surface area contributed by atoms with Crippen molar-refractivity contribution in [1.82, 2.24) is 15.2 Å². The number of aromatic nitrogens is 1. The van der Waals surface area contributed by atoms with Crippen LogP contribution in [-0.4, -0.2) is 41.3 Å². The van der Waals surface area contributed by atoms with Gasteiger partial charge in [0, 0.05) is 40.7 Å². The Morgan fingerprint density at radius 2 is 1.09 bits per heavy atom. The van der Waals surface area contributed by atoms with Gasteiger partial charge < -0.3 is 15.2 Å². The Balaban J connectivity index is 1.35. The van der Waals surface area contributed by atoms with Crippen LogP contribution in [0.15, 0.2) is 77.0 Å². The Kier molecular flexibility index (Phi) is 14.4. The van der Waals surface area contributed by atoms with Crippen LogP contribution in [0.2, 0.25) is 0 Å². The Hall–Kier alpha value is -4.66. The zero-order valence-electron chi connectivity index (χ0n) is 33.4. The van der Waals surface area contributed by atoms with Gasteiger partial charge in [-0.05, 0) is 98.6 Å². The van der Waals surface area contributed by atoms with Crippen LogP contribution in [0.1, 0.15) is 129 Å². The highest BCUT2D eigenvalue weighted by Crippen LogP contribution is 2.35. The summed E-state index contributed by atoms with van der Waals surface area (Å²) in [6.07, 6.45) is 14.3. The van der Waals surface area contributed by atoms with Crippen molar-refractivity contribution in [3.05, 3.63) is 77.9 Å². The lowest BCUT2D eigenvalue weighted by Gasteiger charge is -2.21. The number of benzene rings is 3. The molecular weight excluding hydrogens is 687 g/mol. The second-order valence-electron chi connectivity index (χ2n) is 16.2. The van der Waals surface area contributed by atoms with Crippen LogP contribution in [0.25, 0.3) is 27.5 Å². The molecule has 294 valence electrons. The molecule has 9 heteroatoms. The SMILES string of the molecule is CCC(C)C/C(=N\OC(=O)NCC1CCCCC1)c1ccc2c(c1)c1cc(/C(CC(C)CC)=N/OC(=O)NCC3CCCCC3)ccc1n2-c1ccccc1. The fraction of sp³-hybridized carbons (Fsp3) is 0.522. The van der Waals surface area contributed by atoms with Crippen molar-refractivity contribution in [3.8, 4) is 5.69 Å². The molecule has 0 aliphatic heterocycles. The van der Waals surface area contributed by atoms with Gasteiger partial charge in [0.05, 0.1) is 22.5 Å². The maximum absolute atomic E-state index is 12.8. The van der Waals surface area contributed by atoms with Gasteiger partial charge in [-0.2, -0.15) is 0 Å². The van der Waals surface area contributed by atoms with E-state index in [-0.39, 0.29) is 0 Å². The average Bonchev–Trinajstić information content (AvgIpc) is 3.56. The van der Waals surface area contributed by atoms with E-state index in [0.29, 0.717) is 49.6 Å². The van der Waals surface area contributed by atoms with Crippen molar-refractivity contribution in [2.45, 2.75) is 118 Å². The van der Waals surface area contributed by atoms with Crippen LogP contribution >= 0.6 is 0 Å². The number of rotatable bonds is 15. The van der Waals surface area contributed by atoms with Crippen molar-refractivity contribution < 1.29 is 19.3 Å². The summed E-state index contributed by atoms with van der Waals surface area (Å²) in [7, 11) is 0. The number of carbonyl (C=O) groups is 2. The van der Waals surface area contributed by atoms with Gasteiger partial charge in [0.15, 0.2) is 0 Å². The summed E-state index contributed by atoms with van der Waals surface area (Å²) in [4.78, 5) is 36.7. The molecule has 2 N–H and O–H groups in total. The molecule has 0 radical (unpaired) electrons. The van der Waals surface area contributed by atoms with Crippen LogP contribution in [0.3, 0.4) is 0 Å². The molecule has 6 rings (SSSR count). The molecule has 2 atom stereocenters. The summed E-state index contributed by atoms with van der Waals surface area (Å²) in [6.45, 7) is 9.98. The molecular formula is C46H61N5O4. The largest absolute Gasteiger partial charge is 0.433 e. The molecule has 0 bridgehead atoms. The quantitative estimate of drug-likeness (QED) is 0.0717. The third-order valence-electron chi connectivity index (χ3n) is 11.9. The third kappa shape index (κ3) is 10.8. The molecule has 2 amide bonds. The molecule has 3 aromatic carbocycles. The molecule has 9 nitrogen and oxygen atoms in total. The van der Waals surface area contributed by atoms with E-state index in [0.717, 1.165) is 88.6 Å². The average molecular weight is 748 g/mol. The van der Waals surface area contributed by atoms with Crippen molar-refractivity contribution in [2.24, 2.45) is 34.0 Å². The summed E-state index contributed by atoms with van der Waals surface area (Å²) in [5, 5.41) is 17.0. The number of hydrogen-bond acceptors (Lipinski definition) is 6. The molecule has 0 spiro atoms. The first-order valence-electron chi connectivity index (χ1n) is 21.0. The van der Waals surface area contributed by atoms with Gasteiger partial charge in [0.2, 0.25) is 0 Å². The zero-order chi connectivity index (χ0) is 38.6. The highest BCUT2D eigenvalue weighted by Gasteiger charge is 2.20. The molecule has 0 saturated heterocycles. The van der Waals surface area contributed by atoms with E-state index in [1.165, 1.54) is 38.5 Å². The highest BCUT2D eigenvalue weighted by molar-refractivity contribution is 6.15. The minimum Gasteiger partial charge on any atom is -0.319 e. The van der Waals surface area contributed by atoms with Crippen LogP contribution in [-0.2, 0) is 9.68 Å². The molecule has 1 heterocycles. The van der Waals surface area contributed by atoms with E-state index in [2.05, 4.69) is 114 Å². The molecule has 55 heavy (non-hydrogen) atoms. The molecule has 1 aromatic heterocycles. The lowest BCUT2D eigenvalue weighted by molar-refractivity contribution is 0.146. The molecule has 2 aliphatic rings. The Morgan fingerprint density at radius 1 is 0.655 bits per heavy atom. The Labute approximate surface area is 327 Å². The number of oxime groups is 2.